The van der Waals surface area contributed by atoms with Crippen LogP contribution >= 0.6 is 0 Å². The first-order valence-electron chi connectivity index (χ1n) is 3.72. The summed E-state index contributed by atoms with van der Waals surface area (Å²) < 4.78 is 0. The summed E-state index contributed by atoms with van der Waals surface area (Å²) in [4.78, 5) is 8.57. The van der Waals surface area contributed by atoms with Gasteiger partial charge in [-0.25, -0.2) is 4.79 Å². The quantitative estimate of drug-likeness (QED) is 0.525. The van der Waals surface area contributed by atoms with Gasteiger partial charge in [0, 0.05) is 0 Å². The molecule has 0 saturated carbocycles. The number of carbonyl (C=O) groups excluding carboxylic acids is 1. The molecule has 0 spiro atoms. The zero-order valence-corrected chi connectivity index (χ0v) is 7.13. The predicted molar refractivity (Wildman–Crippen MR) is 48.0 cm³/mol. The molecule has 0 saturated heterocycles. The van der Waals surface area contributed by atoms with Gasteiger partial charge < -0.3 is 0 Å². The van der Waals surface area contributed by atoms with Gasteiger partial charge in [0.15, 0.2) is 0 Å². The fraction of sp³-hybridized carbons (Fsp3) is 0.400. The highest BCUT2D eigenvalue weighted by molar-refractivity contribution is 5.38. The lowest BCUT2D eigenvalue weighted by molar-refractivity contribution is 0.569. The second-order valence-corrected chi connectivity index (χ2v) is 2.67. The van der Waals surface area contributed by atoms with E-state index in [4.69, 9.17) is 4.79 Å². The summed E-state index contributed by atoms with van der Waals surface area (Å²) in [6, 6.07) is 0. The molecule has 0 unspecified atom stereocenters. The van der Waals surface area contributed by atoms with E-state index in [2.05, 4.69) is 38.7 Å². The maximum absolute atomic E-state index is 8.57. The molecular weight excluding hydrogens is 136 g/mol. The number of hydrogen-bond donors (Lipinski definition) is 0. The highest BCUT2D eigenvalue weighted by Gasteiger charge is 2.01. The summed E-state index contributed by atoms with van der Waals surface area (Å²) in [5, 5.41) is 0. The molecule has 0 amide bonds. The summed E-state index contributed by atoms with van der Waals surface area (Å²) in [5.74, 6) is 1.99. The van der Waals surface area contributed by atoms with E-state index in [1.807, 2.05) is 0 Å². The monoisotopic (exact) mass is 150 g/mol. The normalized spacial score (nSPS) is 13.5. The van der Waals surface area contributed by atoms with Crippen LogP contribution in [-0.2, 0) is 4.79 Å². The van der Waals surface area contributed by atoms with Crippen molar-refractivity contribution in [2.24, 2.45) is 5.92 Å². The summed E-state index contributed by atoms with van der Waals surface area (Å²) >= 11 is 0. The minimum atomic E-state index is 0.741. The van der Waals surface area contributed by atoms with E-state index in [-0.39, 0.29) is 0 Å². The zero-order valence-electron chi connectivity index (χ0n) is 7.13. The average molecular weight is 150 g/mol. The van der Waals surface area contributed by atoms with Crippen LogP contribution in [0.15, 0.2) is 30.4 Å². The van der Waals surface area contributed by atoms with Gasteiger partial charge in [0.2, 0.25) is 0 Å². The van der Waals surface area contributed by atoms with E-state index in [1.165, 1.54) is 12.4 Å². The zero-order chi connectivity index (χ0) is 8.69. The van der Waals surface area contributed by atoms with E-state index >= 15 is 0 Å². The van der Waals surface area contributed by atoms with Crippen LogP contribution in [0.2, 0.25) is 0 Å². The molecule has 11 heavy (non-hydrogen) atoms. The van der Waals surface area contributed by atoms with Gasteiger partial charge in [-0.2, -0.15) is 0 Å². The SMILES string of the molecule is C=C=O.CC(C)C1=CC=CC1. The van der Waals surface area contributed by atoms with Crippen molar-refractivity contribution < 1.29 is 4.79 Å². The Morgan fingerprint density at radius 2 is 2.18 bits per heavy atom. The smallest absolute Gasteiger partial charge is 0.116 e. The van der Waals surface area contributed by atoms with Crippen LogP contribution in [0.1, 0.15) is 20.3 Å². The van der Waals surface area contributed by atoms with E-state index in [0.717, 1.165) is 5.92 Å². The number of rotatable bonds is 1. The lowest BCUT2D eigenvalue weighted by Crippen LogP contribution is -1.88. The van der Waals surface area contributed by atoms with Crippen LogP contribution in [0.5, 0.6) is 0 Å². The van der Waals surface area contributed by atoms with E-state index in [1.54, 1.807) is 5.57 Å². The van der Waals surface area contributed by atoms with Gasteiger partial charge in [0.25, 0.3) is 0 Å². The fourth-order valence-electron chi connectivity index (χ4n) is 0.892. The fourth-order valence-corrected chi connectivity index (χ4v) is 0.892. The molecule has 0 N–H and O–H groups in total. The first-order valence-corrected chi connectivity index (χ1v) is 3.72. The average Bonchev–Trinajstić information content (AvgIpc) is 2.38. The van der Waals surface area contributed by atoms with Crippen molar-refractivity contribution in [3.8, 4) is 0 Å². The van der Waals surface area contributed by atoms with Crippen molar-refractivity contribution in [1.82, 2.24) is 0 Å². The van der Waals surface area contributed by atoms with Crippen molar-refractivity contribution in [3.05, 3.63) is 30.4 Å². The Balaban J connectivity index is 0.000000292. The maximum atomic E-state index is 8.57. The Kier molecular flexibility index (Phi) is 5.14. The lowest BCUT2D eigenvalue weighted by Gasteiger charge is -2.02. The summed E-state index contributed by atoms with van der Waals surface area (Å²) in [7, 11) is 0. The van der Waals surface area contributed by atoms with E-state index < -0.39 is 0 Å². The maximum Gasteiger partial charge on any atom is 0.116 e. The summed E-state index contributed by atoms with van der Waals surface area (Å²) in [6.07, 6.45) is 7.73. The van der Waals surface area contributed by atoms with Gasteiger partial charge in [-0.3, -0.25) is 0 Å². The van der Waals surface area contributed by atoms with Gasteiger partial charge in [-0.05, 0) is 18.9 Å². The molecular formula is C10H14O. The molecule has 0 atom stereocenters. The van der Waals surface area contributed by atoms with Gasteiger partial charge in [-0.15, -0.1) is 0 Å². The first kappa shape index (κ1) is 9.93. The minimum Gasteiger partial charge on any atom is -0.234 e. The Hall–Kier alpha value is -1.07. The largest absolute Gasteiger partial charge is 0.234 e. The van der Waals surface area contributed by atoms with Crippen molar-refractivity contribution in [2.75, 3.05) is 0 Å². The third kappa shape index (κ3) is 4.35. The van der Waals surface area contributed by atoms with Crippen LogP contribution in [0.4, 0.5) is 0 Å². The van der Waals surface area contributed by atoms with Gasteiger partial charge in [0.1, 0.15) is 5.94 Å². The Labute approximate surface area is 68.1 Å². The molecule has 0 bridgehead atoms. The second-order valence-electron chi connectivity index (χ2n) is 2.67. The Morgan fingerprint density at radius 3 is 2.36 bits per heavy atom. The molecule has 1 aliphatic carbocycles. The van der Waals surface area contributed by atoms with E-state index in [0.29, 0.717) is 0 Å². The molecule has 1 aliphatic rings. The predicted octanol–water partition coefficient (Wildman–Crippen LogP) is 2.53. The first-order chi connectivity index (χ1) is 5.22. The van der Waals surface area contributed by atoms with Crippen LogP contribution < -0.4 is 0 Å². The topological polar surface area (TPSA) is 17.1 Å². The molecule has 0 aromatic carbocycles. The molecule has 1 nitrogen and oxygen atoms in total. The van der Waals surface area contributed by atoms with Crippen LogP contribution in [0.25, 0.3) is 0 Å². The number of allylic oxidation sites excluding steroid dienone is 4. The van der Waals surface area contributed by atoms with Crippen molar-refractivity contribution in [3.63, 3.8) is 0 Å². The van der Waals surface area contributed by atoms with Crippen molar-refractivity contribution in [1.29, 1.82) is 0 Å². The lowest BCUT2D eigenvalue weighted by atomic mass is 10.0. The molecule has 0 fully saturated rings. The van der Waals surface area contributed by atoms with Gasteiger partial charge in [-0.1, -0.05) is 37.6 Å². The Bertz CT molecular complexity index is 191. The molecule has 0 radical (unpaired) electrons. The van der Waals surface area contributed by atoms with Crippen molar-refractivity contribution in [2.45, 2.75) is 20.3 Å². The van der Waals surface area contributed by atoms with E-state index in [9.17, 15) is 0 Å². The molecule has 1 heteroatoms. The molecule has 0 aliphatic heterocycles. The standard InChI is InChI=1S/C8H12.C2H2O/c1-7(2)8-5-3-4-6-8;1-2-3/h3-5,7H,6H2,1-2H3;1H2. The third-order valence-electron chi connectivity index (χ3n) is 1.54. The van der Waals surface area contributed by atoms with Crippen LogP contribution in [0.3, 0.4) is 0 Å². The molecule has 0 aromatic heterocycles. The van der Waals surface area contributed by atoms with Crippen LogP contribution in [0, 0.1) is 5.92 Å². The van der Waals surface area contributed by atoms with Gasteiger partial charge >= 0.3 is 0 Å². The summed E-state index contributed by atoms with van der Waals surface area (Å²) in [6.45, 7) is 7.15. The molecule has 1 rings (SSSR count). The highest BCUT2D eigenvalue weighted by Crippen LogP contribution is 2.18. The third-order valence-corrected chi connectivity index (χ3v) is 1.54. The summed E-state index contributed by atoms with van der Waals surface area (Å²) in [5.41, 5.74) is 1.56. The molecule has 60 valence electrons. The second kappa shape index (κ2) is 5.70. The van der Waals surface area contributed by atoms with Crippen LogP contribution in [-0.4, -0.2) is 5.94 Å². The van der Waals surface area contributed by atoms with Crippen molar-refractivity contribution >= 4 is 5.94 Å². The molecule has 0 aromatic rings. The highest BCUT2D eigenvalue weighted by atomic mass is 16.1. The number of hydrogen-bond acceptors (Lipinski definition) is 1. The molecule has 0 heterocycles. The Morgan fingerprint density at radius 1 is 1.64 bits per heavy atom. The van der Waals surface area contributed by atoms with Gasteiger partial charge in [0.05, 0.1) is 0 Å². The minimum absolute atomic E-state index is 0.741.